The third-order valence-electron chi connectivity index (χ3n) is 5.88. The van der Waals surface area contributed by atoms with Crippen molar-refractivity contribution in [1.82, 2.24) is 10.6 Å². The first-order valence-electron chi connectivity index (χ1n) is 11.0. The maximum absolute atomic E-state index is 12.4. The fraction of sp³-hybridized carbons (Fsp3) is 0.400. The van der Waals surface area contributed by atoms with Crippen LogP contribution in [0.3, 0.4) is 0 Å². The van der Waals surface area contributed by atoms with Gasteiger partial charge in [0.15, 0.2) is 0 Å². The normalized spacial score (nSPS) is 15.0. The van der Waals surface area contributed by atoms with Gasteiger partial charge in [0, 0.05) is 19.0 Å². The molecule has 1 aliphatic carbocycles. The van der Waals surface area contributed by atoms with Crippen molar-refractivity contribution in [3.05, 3.63) is 59.7 Å². The number of carboxylic acids is 1. The molecular weight excluding hydrogens is 424 g/mol. The first kappa shape index (κ1) is 24.3. The van der Waals surface area contributed by atoms with E-state index in [-0.39, 0.29) is 31.5 Å². The highest BCUT2D eigenvalue weighted by Crippen LogP contribution is 2.44. The van der Waals surface area contributed by atoms with Crippen LogP contribution >= 0.6 is 0 Å². The number of fused-ring (bicyclic) bond motifs is 3. The van der Waals surface area contributed by atoms with E-state index in [1.54, 1.807) is 6.92 Å². The molecule has 2 amide bonds. The SMILES string of the molecule is CCC(CNC(=O)OCC1c2ccccc2-c2ccccc21)C(=O)NCC(C)(O)CC(=O)O. The van der Waals surface area contributed by atoms with Crippen molar-refractivity contribution in [3.63, 3.8) is 0 Å². The Hall–Kier alpha value is -3.39. The molecule has 0 aliphatic heterocycles. The standard InChI is InChI=1S/C25H30N2O6/c1-3-16(23(30)27-15-25(2,32)12-22(28)29)13-26-24(31)33-14-21-19-10-6-4-8-17(19)18-9-5-7-11-20(18)21/h4-11,16,21,32H,3,12-15H2,1-2H3,(H,26,31)(H,27,30)(H,28,29). The Labute approximate surface area is 193 Å². The fourth-order valence-electron chi connectivity index (χ4n) is 4.09. The second-order valence-electron chi connectivity index (χ2n) is 8.60. The minimum absolute atomic E-state index is 0.0510. The van der Waals surface area contributed by atoms with Crippen molar-refractivity contribution in [2.24, 2.45) is 5.92 Å². The lowest BCUT2D eigenvalue weighted by Gasteiger charge is -2.23. The summed E-state index contributed by atoms with van der Waals surface area (Å²) < 4.78 is 5.49. The molecule has 2 aromatic carbocycles. The number of amides is 2. The molecule has 0 saturated carbocycles. The monoisotopic (exact) mass is 454 g/mol. The minimum atomic E-state index is -1.56. The van der Waals surface area contributed by atoms with Crippen LogP contribution in [0.5, 0.6) is 0 Å². The molecule has 0 heterocycles. The number of rotatable bonds is 10. The van der Waals surface area contributed by atoms with Gasteiger partial charge in [0.2, 0.25) is 5.91 Å². The molecule has 176 valence electrons. The average molecular weight is 455 g/mol. The number of aliphatic carboxylic acids is 1. The van der Waals surface area contributed by atoms with Gasteiger partial charge in [0.05, 0.1) is 17.9 Å². The van der Waals surface area contributed by atoms with Crippen LogP contribution in [0.25, 0.3) is 11.1 Å². The van der Waals surface area contributed by atoms with E-state index in [1.807, 2.05) is 36.4 Å². The van der Waals surface area contributed by atoms with Crippen molar-refractivity contribution < 1.29 is 29.3 Å². The minimum Gasteiger partial charge on any atom is -0.481 e. The third-order valence-corrected chi connectivity index (χ3v) is 5.88. The van der Waals surface area contributed by atoms with Gasteiger partial charge in [-0.2, -0.15) is 0 Å². The highest BCUT2D eigenvalue weighted by molar-refractivity contribution is 5.80. The second-order valence-corrected chi connectivity index (χ2v) is 8.60. The van der Waals surface area contributed by atoms with Gasteiger partial charge in [-0.05, 0) is 35.6 Å². The molecule has 33 heavy (non-hydrogen) atoms. The Morgan fingerprint density at radius 1 is 1.03 bits per heavy atom. The van der Waals surface area contributed by atoms with E-state index in [4.69, 9.17) is 9.84 Å². The van der Waals surface area contributed by atoms with Crippen molar-refractivity contribution >= 4 is 18.0 Å². The van der Waals surface area contributed by atoms with E-state index in [0.29, 0.717) is 6.42 Å². The molecule has 0 fully saturated rings. The Bertz CT molecular complexity index is 974. The molecule has 0 aromatic heterocycles. The van der Waals surface area contributed by atoms with Gasteiger partial charge in [-0.25, -0.2) is 4.79 Å². The summed E-state index contributed by atoms with van der Waals surface area (Å²) in [6.45, 7) is 3.21. The quantitative estimate of drug-likeness (QED) is 0.438. The number of hydrogen-bond donors (Lipinski definition) is 4. The number of ether oxygens (including phenoxy) is 1. The number of carbonyl (C=O) groups is 3. The molecular formula is C25H30N2O6. The summed E-state index contributed by atoms with van der Waals surface area (Å²) in [6, 6.07) is 16.1. The van der Waals surface area contributed by atoms with Gasteiger partial charge in [0.1, 0.15) is 6.61 Å². The maximum atomic E-state index is 12.4. The number of carbonyl (C=O) groups excluding carboxylic acids is 2. The van der Waals surface area contributed by atoms with Crippen LogP contribution in [0.1, 0.15) is 43.7 Å². The number of carboxylic acid groups (broad SMARTS) is 1. The Kier molecular flexibility index (Phi) is 7.71. The zero-order valence-corrected chi connectivity index (χ0v) is 18.8. The smallest absolute Gasteiger partial charge is 0.407 e. The molecule has 8 nitrogen and oxygen atoms in total. The van der Waals surface area contributed by atoms with Gasteiger partial charge in [-0.15, -0.1) is 0 Å². The highest BCUT2D eigenvalue weighted by atomic mass is 16.5. The Morgan fingerprint density at radius 3 is 2.15 bits per heavy atom. The van der Waals surface area contributed by atoms with Crippen molar-refractivity contribution in [3.8, 4) is 11.1 Å². The molecule has 2 aromatic rings. The molecule has 1 aliphatic rings. The van der Waals surface area contributed by atoms with E-state index < -0.39 is 30.0 Å². The Morgan fingerprint density at radius 2 is 1.61 bits per heavy atom. The molecule has 0 radical (unpaired) electrons. The summed E-state index contributed by atoms with van der Waals surface area (Å²) in [5, 5.41) is 24.0. The van der Waals surface area contributed by atoms with Gasteiger partial charge in [-0.1, -0.05) is 55.5 Å². The van der Waals surface area contributed by atoms with E-state index in [0.717, 1.165) is 22.3 Å². The number of alkyl carbamates (subject to hydrolysis) is 1. The molecule has 3 rings (SSSR count). The summed E-state index contributed by atoms with van der Waals surface area (Å²) >= 11 is 0. The largest absolute Gasteiger partial charge is 0.481 e. The second kappa shape index (κ2) is 10.5. The number of hydrogen-bond acceptors (Lipinski definition) is 5. The lowest BCUT2D eigenvalue weighted by molar-refractivity contribution is -0.142. The topological polar surface area (TPSA) is 125 Å². The maximum Gasteiger partial charge on any atom is 0.407 e. The summed E-state index contributed by atoms with van der Waals surface area (Å²) in [7, 11) is 0. The zero-order valence-electron chi connectivity index (χ0n) is 18.8. The van der Waals surface area contributed by atoms with Crippen LogP contribution in [-0.2, 0) is 14.3 Å². The molecule has 8 heteroatoms. The van der Waals surface area contributed by atoms with Crippen LogP contribution in [0.2, 0.25) is 0 Å². The van der Waals surface area contributed by atoms with E-state index >= 15 is 0 Å². The summed E-state index contributed by atoms with van der Waals surface area (Å²) in [5.41, 5.74) is 2.96. The zero-order chi connectivity index (χ0) is 24.0. The van der Waals surface area contributed by atoms with Crippen LogP contribution in [-0.4, -0.2) is 53.5 Å². The Balaban J connectivity index is 1.51. The van der Waals surface area contributed by atoms with E-state index in [9.17, 15) is 19.5 Å². The number of aliphatic hydroxyl groups is 1. The van der Waals surface area contributed by atoms with Gasteiger partial charge < -0.3 is 25.6 Å². The molecule has 0 bridgehead atoms. The van der Waals surface area contributed by atoms with Crippen LogP contribution in [0.15, 0.2) is 48.5 Å². The molecule has 4 N–H and O–H groups in total. The summed E-state index contributed by atoms with van der Waals surface area (Å²) in [4.78, 5) is 35.5. The van der Waals surface area contributed by atoms with Crippen molar-refractivity contribution in [2.75, 3.05) is 19.7 Å². The molecule has 2 unspecified atom stereocenters. The lowest BCUT2D eigenvalue weighted by Crippen LogP contribution is -2.46. The first-order chi connectivity index (χ1) is 15.7. The predicted octanol–water partition coefficient (Wildman–Crippen LogP) is 2.89. The predicted molar refractivity (Wildman–Crippen MR) is 123 cm³/mol. The van der Waals surface area contributed by atoms with E-state index in [2.05, 4.69) is 22.8 Å². The summed E-state index contributed by atoms with van der Waals surface area (Å²) in [6.07, 6.45) is -0.639. The first-order valence-corrected chi connectivity index (χ1v) is 11.0. The van der Waals surface area contributed by atoms with Crippen molar-refractivity contribution in [2.45, 2.75) is 38.2 Å². The van der Waals surface area contributed by atoms with Crippen LogP contribution in [0, 0.1) is 5.92 Å². The fourth-order valence-corrected chi connectivity index (χ4v) is 4.09. The highest BCUT2D eigenvalue weighted by Gasteiger charge is 2.29. The average Bonchev–Trinajstić information content (AvgIpc) is 3.10. The van der Waals surface area contributed by atoms with Gasteiger partial charge in [0.25, 0.3) is 0 Å². The van der Waals surface area contributed by atoms with Crippen LogP contribution in [0.4, 0.5) is 4.79 Å². The van der Waals surface area contributed by atoms with Crippen LogP contribution < -0.4 is 10.6 Å². The third kappa shape index (κ3) is 6.10. The number of benzene rings is 2. The van der Waals surface area contributed by atoms with Gasteiger partial charge in [-0.3, -0.25) is 9.59 Å². The molecule has 0 saturated heterocycles. The van der Waals surface area contributed by atoms with E-state index in [1.165, 1.54) is 6.92 Å². The van der Waals surface area contributed by atoms with Crippen molar-refractivity contribution in [1.29, 1.82) is 0 Å². The molecule has 0 spiro atoms. The summed E-state index contributed by atoms with van der Waals surface area (Å²) in [5.74, 6) is -2.11. The number of nitrogens with one attached hydrogen (secondary N) is 2. The lowest BCUT2D eigenvalue weighted by atomic mass is 9.98. The molecule has 2 atom stereocenters. The van der Waals surface area contributed by atoms with Gasteiger partial charge >= 0.3 is 12.1 Å².